The van der Waals surface area contributed by atoms with E-state index in [4.69, 9.17) is 12.2 Å². The number of nitrogens with two attached hydrogens (primary N) is 1. The average Bonchev–Trinajstić information content (AvgIpc) is 2.13. The van der Waals surface area contributed by atoms with Crippen LogP contribution in [0.2, 0.25) is 0 Å². The Balaban J connectivity index is 2.94. The van der Waals surface area contributed by atoms with Crippen LogP contribution < -0.4 is 5.73 Å². The van der Waals surface area contributed by atoms with Crippen molar-refractivity contribution >= 4 is 5.82 Å². The zero-order chi connectivity index (χ0) is 7.56. The number of aromatic nitrogens is 2. The van der Waals surface area contributed by atoms with Gasteiger partial charge in [0.2, 0.25) is 0 Å². The molecule has 0 spiro atoms. The molecule has 0 amide bonds. The highest BCUT2D eigenvalue weighted by Crippen LogP contribution is 2.03. The molecule has 0 bridgehead atoms. The molecule has 52 valence electrons. The van der Waals surface area contributed by atoms with Gasteiger partial charge in [-0.1, -0.05) is 5.92 Å². The Morgan fingerprint density at radius 2 is 2.60 bits per heavy atom. The second-order valence-electron chi connectivity index (χ2n) is 2.07. The molecule has 10 heavy (non-hydrogen) atoms. The van der Waals surface area contributed by atoms with Gasteiger partial charge in [0.25, 0.3) is 0 Å². The Kier molecular flexibility index (Phi) is 1.63. The summed E-state index contributed by atoms with van der Waals surface area (Å²) in [6.45, 7) is 2.32. The number of anilines is 1. The quantitative estimate of drug-likeness (QED) is 0.567. The first-order valence-electron chi connectivity index (χ1n) is 2.97. The Morgan fingerprint density at radius 3 is 3.00 bits per heavy atom. The second-order valence-corrected chi connectivity index (χ2v) is 2.07. The van der Waals surface area contributed by atoms with Crippen LogP contribution in [0.1, 0.15) is 5.69 Å². The topological polar surface area (TPSA) is 43.8 Å². The molecule has 1 rings (SSSR count). The third-order valence-corrected chi connectivity index (χ3v) is 1.17. The average molecular weight is 135 g/mol. The minimum absolute atomic E-state index is 0.444. The van der Waals surface area contributed by atoms with Crippen LogP contribution in [0.15, 0.2) is 6.07 Å². The summed E-state index contributed by atoms with van der Waals surface area (Å²) in [5.41, 5.74) is 6.43. The van der Waals surface area contributed by atoms with Crippen molar-refractivity contribution in [1.29, 1.82) is 0 Å². The smallest absolute Gasteiger partial charge is 0.123 e. The van der Waals surface area contributed by atoms with Gasteiger partial charge in [0.1, 0.15) is 12.4 Å². The van der Waals surface area contributed by atoms with Crippen molar-refractivity contribution in [2.75, 3.05) is 5.73 Å². The predicted octanol–water partition coefficient (Wildman–Crippen LogP) is 0.407. The summed E-state index contributed by atoms with van der Waals surface area (Å²) < 4.78 is 1.59. The number of rotatable bonds is 1. The fourth-order valence-electron chi connectivity index (χ4n) is 0.779. The summed E-state index contributed by atoms with van der Waals surface area (Å²) in [4.78, 5) is 0. The third-order valence-electron chi connectivity index (χ3n) is 1.17. The summed E-state index contributed by atoms with van der Waals surface area (Å²) in [6, 6.07) is 1.79. The molecule has 1 aromatic rings. The van der Waals surface area contributed by atoms with Gasteiger partial charge in [0.15, 0.2) is 0 Å². The van der Waals surface area contributed by atoms with E-state index >= 15 is 0 Å². The lowest BCUT2D eigenvalue weighted by Crippen LogP contribution is -2.02. The summed E-state index contributed by atoms with van der Waals surface area (Å²) in [6.07, 6.45) is 5.07. The van der Waals surface area contributed by atoms with E-state index in [0.29, 0.717) is 12.4 Å². The van der Waals surface area contributed by atoms with Crippen molar-refractivity contribution in [3.05, 3.63) is 11.8 Å². The van der Waals surface area contributed by atoms with Gasteiger partial charge in [-0.2, -0.15) is 5.10 Å². The molecule has 0 aliphatic rings. The molecule has 0 aliphatic carbocycles. The van der Waals surface area contributed by atoms with Crippen molar-refractivity contribution in [1.82, 2.24) is 9.78 Å². The molecule has 1 heterocycles. The fourth-order valence-corrected chi connectivity index (χ4v) is 0.779. The van der Waals surface area contributed by atoms with Crippen LogP contribution >= 0.6 is 0 Å². The van der Waals surface area contributed by atoms with Gasteiger partial charge < -0.3 is 5.73 Å². The van der Waals surface area contributed by atoms with Gasteiger partial charge in [0, 0.05) is 6.07 Å². The molecule has 0 aliphatic heterocycles. The van der Waals surface area contributed by atoms with Crippen LogP contribution in [0.5, 0.6) is 0 Å². The van der Waals surface area contributed by atoms with Crippen molar-refractivity contribution in [2.24, 2.45) is 0 Å². The van der Waals surface area contributed by atoms with Crippen LogP contribution in [-0.4, -0.2) is 9.78 Å². The minimum Gasteiger partial charge on any atom is -0.384 e. The molecular formula is C7H9N3. The van der Waals surface area contributed by atoms with Crippen LogP contribution in [0, 0.1) is 19.3 Å². The third kappa shape index (κ3) is 1.11. The van der Waals surface area contributed by atoms with Gasteiger partial charge in [-0.05, 0) is 6.92 Å². The van der Waals surface area contributed by atoms with E-state index in [-0.39, 0.29) is 0 Å². The zero-order valence-corrected chi connectivity index (χ0v) is 5.83. The first-order valence-corrected chi connectivity index (χ1v) is 2.97. The van der Waals surface area contributed by atoms with E-state index in [1.54, 1.807) is 10.7 Å². The molecule has 3 nitrogen and oxygen atoms in total. The summed E-state index contributed by atoms with van der Waals surface area (Å²) in [7, 11) is 0. The summed E-state index contributed by atoms with van der Waals surface area (Å²) in [5, 5.41) is 4.05. The highest BCUT2D eigenvalue weighted by molar-refractivity contribution is 5.30. The maximum Gasteiger partial charge on any atom is 0.123 e. The number of nitrogens with zero attached hydrogens (tertiary/aromatic N) is 2. The SMILES string of the molecule is C#CCn1nc(C)cc1N. The minimum atomic E-state index is 0.444. The summed E-state index contributed by atoms with van der Waals surface area (Å²) >= 11 is 0. The molecule has 0 aromatic carbocycles. The lowest BCUT2D eigenvalue weighted by atomic mass is 10.5. The van der Waals surface area contributed by atoms with Gasteiger partial charge >= 0.3 is 0 Å². The van der Waals surface area contributed by atoms with E-state index in [1.807, 2.05) is 6.92 Å². The number of nitrogen functional groups attached to an aromatic ring is 1. The predicted molar refractivity (Wildman–Crippen MR) is 40.2 cm³/mol. The van der Waals surface area contributed by atoms with E-state index in [0.717, 1.165) is 5.69 Å². The van der Waals surface area contributed by atoms with E-state index in [9.17, 15) is 0 Å². The largest absolute Gasteiger partial charge is 0.384 e. The van der Waals surface area contributed by atoms with E-state index in [2.05, 4.69) is 11.0 Å². The molecule has 1 aromatic heterocycles. The Hall–Kier alpha value is -1.43. The molecule has 0 unspecified atom stereocenters. The molecular weight excluding hydrogens is 126 g/mol. The molecule has 0 radical (unpaired) electrons. The van der Waals surface area contributed by atoms with Crippen LogP contribution in [-0.2, 0) is 6.54 Å². The van der Waals surface area contributed by atoms with Crippen LogP contribution in [0.25, 0.3) is 0 Å². The van der Waals surface area contributed by atoms with Crippen molar-refractivity contribution < 1.29 is 0 Å². The van der Waals surface area contributed by atoms with Crippen molar-refractivity contribution in [2.45, 2.75) is 13.5 Å². The highest BCUT2D eigenvalue weighted by atomic mass is 15.3. The van der Waals surface area contributed by atoms with Crippen molar-refractivity contribution in [3.8, 4) is 12.3 Å². The molecule has 0 saturated carbocycles. The zero-order valence-electron chi connectivity index (χ0n) is 5.83. The number of aryl methyl sites for hydroxylation is 1. The van der Waals surface area contributed by atoms with E-state index < -0.39 is 0 Å². The maximum atomic E-state index is 5.53. The summed E-state index contributed by atoms with van der Waals surface area (Å²) in [5.74, 6) is 3.08. The van der Waals surface area contributed by atoms with E-state index in [1.165, 1.54) is 0 Å². The van der Waals surface area contributed by atoms with Gasteiger partial charge in [-0.3, -0.25) is 0 Å². The monoisotopic (exact) mass is 135 g/mol. The molecule has 0 fully saturated rings. The lowest BCUT2D eigenvalue weighted by molar-refractivity contribution is 0.717. The van der Waals surface area contributed by atoms with Gasteiger partial charge in [0.05, 0.1) is 5.69 Å². The van der Waals surface area contributed by atoms with Crippen LogP contribution in [0.3, 0.4) is 0 Å². The number of hydrogen-bond acceptors (Lipinski definition) is 2. The maximum absolute atomic E-state index is 5.53. The van der Waals surface area contributed by atoms with Gasteiger partial charge in [-0.25, -0.2) is 4.68 Å². The normalized spacial score (nSPS) is 9.20. The first-order chi connectivity index (χ1) is 4.74. The van der Waals surface area contributed by atoms with Crippen LogP contribution in [0.4, 0.5) is 5.82 Å². The number of hydrogen-bond donors (Lipinski definition) is 1. The Labute approximate surface area is 59.8 Å². The Bertz CT molecular complexity index is 267. The molecule has 2 N–H and O–H groups in total. The van der Waals surface area contributed by atoms with Crippen molar-refractivity contribution in [3.63, 3.8) is 0 Å². The lowest BCUT2D eigenvalue weighted by Gasteiger charge is -1.94. The molecule has 3 heteroatoms. The highest BCUT2D eigenvalue weighted by Gasteiger charge is 1.97. The molecule has 0 saturated heterocycles. The fraction of sp³-hybridized carbons (Fsp3) is 0.286. The second kappa shape index (κ2) is 2.44. The van der Waals surface area contributed by atoms with Gasteiger partial charge in [-0.15, -0.1) is 6.42 Å². The number of terminal acetylenes is 1. The first kappa shape index (κ1) is 6.69. The Morgan fingerprint density at radius 1 is 1.90 bits per heavy atom. The molecule has 0 atom stereocenters. The standard InChI is InChI=1S/C7H9N3/c1-3-4-10-7(8)5-6(2)9-10/h1,5H,4,8H2,2H3.